The first-order valence-electron chi connectivity index (χ1n) is 5.54. The lowest BCUT2D eigenvalue weighted by Gasteiger charge is -2.08. The van der Waals surface area contributed by atoms with Crippen molar-refractivity contribution < 1.29 is 8.42 Å². The number of halogens is 3. The lowest BCUT2D eigenvalue weighted by molar-refractivity contribution is 0.600. The van der Waals surface area contributed by atoms with Crippen molar-refractivity contribution in [2.75, 3.05) is 4.72 Å². The van der Waals surface area contributed by atoms with E-state index in [0.29, 0.717) is 6.54 Å². The second-order valence-electron chi connectivity index (χ2n) is 3.86. The van der Waals surface area contributed by atoms with E-state index in [1.807, 2.05) is 6.92 Å². The van der Waals surface area contributed by atoms with Gasteiger partial charge >= 0.3 is 0 Å². The molecule has 0 saturated heterocycles. The third-order valence-corrected chi connectivity index (χ3v) is 5.01. The van der Waals surface area contributed by atoms with Crippen molar-refractivity contribution in [3.05, 3.63) is 39.5 Å². The van der Waals surface area contributed by atoms with Gasteiger partial charge in [-0.25, -0.2) is 8.42 Å². The number of benzene rings is 1. The van der Waals surface area contributed by atoms with Crippen LogP contribution in [0.25, 0.3) is 0 Å². The van der Waals surface area contributed by atoms with E-state index in [9.17, 15) is 8.42 Å². The van der Waals surface area contributed by atoms with Gasteiger partial charge in [-0.05, 0) is 19.1 Å². The highest BCUT2D eigenvalue weighted by Crippen LogP contribution is 2.32. The van der Waals surface area contributed by atoms with Gasteiger partial charge in [0.25, 0.3) is 10.0 Å². The van der Waals surface area contributed by atoms with Gasteiger partial charge in [0.15, 0.2) is 5.82 Å². The van der Waals surface area contributed by atoms with Gasteiger partial charge in [0.2, 0.25) is 0 Å². The van der Waals surface area contributed by atoms with E-state index in [1.165, 1.54) is 12.1 Å². The molecule has 2 rings (SSSR count). The predicted molar refractivity (Wildman–Crippen MR) is 80.2 cm³/mol. The molecule has 0 radical (unpaired) electrons. The molecule has 0 bridgehead atoms. The van der Waals surface area contributed by atoms with Crippen molar-refractivity contribution >= 4 is 50.6 Å². The van der Waals surface area contributed by atoms with Crippen LogP contribution in [-0.2, 0) is 16.6 Å². The first-order chi connectivity index (χ1) is 9.33. The van der Waals surface area contributed by atoms with Crippen molar-refractivity contribution in [1.82, 2.24) is 9.78 Å². The molecule has 0 aliphatic heterocycles. The normalized spacial score (nSPS) is 11.6. The molecule has 0 amide bonds. The molecule has 2 aromatic rings. The number of nitrogens with zero attached hydrogens (tertiary/aromatic N) is 2. The lowest BCUT2D eigenvalue weighted by atomic mass is 10.4. The maximum Gasteiger partial charge on any atom is 0.264 e. The standard InChI is InChI=1S/C11H10Cl3N3O2S/c1-2-17-4-3-11(15-17)16-20(18,19)10-6-8(13)7(12)5-9(10)14/h3-6H,2H2,1H3,(H,15,16). The summed E-state index contributed by atoms with van der Waals surface area (Å²) >= 11 is 17.5. The van der Waals surface area contributed by atoms with Crippen molar-refractivity contribution in [3.8, 4) is 0 Å². The smallest absolute Gasteiger partial charge is 0.264 e. The molecular formula is C11H10Cl3N3O2S. The van der Waals surface area contributed by atoms with Gasteiger partial charge in [0, 0.05) is 18.8 Å². The number of sulfonamides is 1. The van der Waals surface area contributed by atoms with Gasteiger partial charge in [-0.2, -0.15) is 5.10 Å². The first-order valence-corrected chi connectivity index (χ1v) is 8.16. The van der Waals surface area contributed by atoms with Crippen LogP contribution in [0, 0.1) is 0 Å². The summed E-state index contributed by atoms with van der Waals surface area (Å²) in [5, 5.41) is 4.31. The molecule has 0 unspecified atom stereocenters. The first kappa shape index (κ1) is 15.4. The van der Waals surface area contributed by atoms with Crippen LogP contribution >= 0.6 is 34.8 Å². The maximum absolute atomic E-state index is 12.2. The largest absolute Gasteiger partial charge is 0.271 e. The van der Waals surface area contributed by atoms with Crippen LogP contribution in [0.4, 0.5) is 5.82 Å². The number of rotatable bonds is 4. The van der Waals surface area contributed by atoms with Crippen molar-refractivity contribution in [1.29, 1.82) is 0 Å². The van der Waals surface area contributed by atoms with Gasteiger partial charge in [0.1, 0.15) is 4.90 Å². The summed E-state index contributed by atoms with van der Waals surface area (Å²) in [6.07, 6.45) is 1.66. The Labute approximate surface area is 131 Å². The van der Waals surface area contributed by atoms with Crippen molar-refractivity contribution in [3.63, 3.8) is 0 Å². The van der Waals surface area contributed by atoms with Crippen LogP contribution in [-0.4, -0.2) is 18.2 Å². The highest BCUT2D eigenvalue weighted by Gasteiger charge is 2.21. The number of hydrogen-bond donors (Lipinski definition) is 1. The van der Waals surface area contributed by atoms with Crippen molar-refractivity contribution in [2.24, 2.45) is 0 Å². The van der Waals surface area contributed by atoms with Crippen LogP contribution in [0.5, 0.6) is 0 Å². The lowest BCUT2D eigenvalue weighted by Crippen LogP contribution is -2.14. The monoisotopic (exact) mass is 353 g/mol. The number of hydrogen-bond acceptors (Lipinski definition) is 3. The maximum atomic E-state index is 12.2. The zero-order chi connectivity index (χ0) is 14.9. The molecule has 108 valence electrons. The zero-order valence-electron chi connectivity index (χ0n) is 10.3. The molecule has 1 aromatic carbocycles. The van der Waals surface area contributed by atoms with Crippen LogP contribution in [0.3, 0.4) is 0 Å². The molecule has 0 aliphatic rings. The molecular weight excluding hydrogens is 345 g/mol. The van der Waals surface area contributed by atoms with Gasteiger partial charge < -0.3 is 0 Å². The highest BCUT2D eigenvalue weighted by molar-refractivity contribution is 7.92. The van der Waals surface area contributed by atoms with Crippen molar-refractivity contribution in [2.45, 2.75) is 18.4 Å². The third kappa shape index (κ3) is 3.20. The van der Waals surface area contributed by atoms with E-state index >= 15 is 0 Å². The molecule has 1 aromatic heterocycles. The highest BCUT2D eigenvalue weighted by atomic mass is 35.5. The summed E-state index contributed by atoms with van der Waals surface area (Å²) in [6.45, 7) is 2.52. The molecule has 0 fully saturated rings. The van der Waals surface area contributed by atoms with E-state index in [0.717, 1.165) is 0 Å². The minimum absolute atomic E-state index is 0.0122. The Morgan fingerprint density at radius 3 is 2.45 bits per heavy atom. The minimum atomic E-state index is -3.88. The van der Waals surface area contributed by atoms with E-state index in [-0.39, 0.29) is 25.8 Å². The summed E-state index contributed by atoms with van der Waals surface area (Å²) in [5.74, 6) is 0.203. The molecule has 20 heavy (non-hydrogen) atoms. The Morgan fingerprint density at radius 1 is 1.20 bits per heavy atom. The van der Waals surface area contributed by atoms with Crippen LogP contribution < -0.4 is 4.72 Å². The Bertz CT molecular complexity index is 743. The van der Waals surface area contributed by atoms with Crippen LogP contribution in [0.2, 0.25) is 15.1 Å². The summed E-state index contributed by atoms with van der Waals surface area (Å²) in [4.78, 5) is -0.153. The fourth-order valence-corrected chi connectivity index (χ4v) is 3.49. The van der Waals surface area contributed by atoms with E-state index in [1.54, 1.807) is 16.9 Å². The number of anilines is 1. The Kier molecular flexibility index (Phi) is 4.49. The molecule has 0 atom stereocenters. The Hall–Kier alpha value is -0.950. The van der Waals surface area contributed by atoms with Crippen LogP contribution in [0.1, 0.15) is 6.92 Å². The summed E-state index contributed by atoms with van der Waals surface area (Å²) in [5.41, 5.74) is 0. The van der Waals surface area contributed by atoms with Gasteiger partial charge in [-0.3, -0.25) is 9.40 Å². The number of aromatic nitrogens is 2. The molecule has 0 saturated carbocycles. The summed E-state index contributed by atoms with van der Waals surface area (Å²) in [6, 6.07) is 4.03. The Morgan fingerprint density at radius 2 is 1.85 bits per heavy atom. The average Bonchev–Trinajstić information content (AvgIpc) is 2.80. The molecule has 1 N–H and O–H groups in total. The quantitative estimate of drug-likeness (QED) is 0.852. The Balaban J connectivity index is 2.37. The molecule has 0 spiro atoms. The molecule has 5 nitrogen and oxygen atoms in total. The van der Waals surface area contributed by atoms with Crippen LogP contribution in [0.15, 0.2) is 29.3 Å². The second kappa shape index (κ2) is 5.81. The molecule has 9 heteroatoms. The molecule has 1 heterocycles. The fraction of sp³-hybridized carbons (Fsp3) is 0.182. The number of aryl methyl sites for hydroxylation is 1. The average molecular weight is 355 g/mol. The summed E-state index contributed by atoms with van der Waals surface area (Å²) in [7, 11) is -3.88. The van der Waals surface area contributed by atoms with Gasteiger partial charge in [0.05, 0.1) is 15.1 Å². The molecule has 0 aliphatic carbocycles. The SMILES string of the molecule is CCn1ccc(NS(=O)(=O)c2cc(Cl)c(Cl)cc2Cl)n1. The number of nitrogens with one attached hydrogen (secondary N) is 1. The van der Waals surface area contributed by atoms with E-state index in [2.05, 4.69) is 9.82 Å². The topological polar surface area (TPSA) is 64.0 Å². The second-order valence-corrected chi connectivity index (χ2v) is 6.73. The third-order valence-electron chi connectivity index (χ3n) is 2.47. The fourth-order valence-electron chi connectivity index (χ4n) is 1.50. The van der Waals surface area contributed by atoms with E-state index in [4.69, 9.17) is 34.8 Å². The predicted octanol–water partition coefficient (Wildman–Crippen LogP) is 3.66. The summed E-state index contributed by atoms with van der Waals surface area (Å²) < 4.78 is 28.4. The minimum Gasteiger partial charge on any atom is -0.271 e. The van der Waals surface area contributed by atoms with E-state index < -0.39 is 10.0 Å². The van der Waals surface area contributed by atoms with Gasteiger partial charge in [-0.1, -0.05) is 34.8 Å². The zero-order valence-corrected chi connectivity index (χ0v) is 13.4. The van der Waals surface area contributed by atoms with Gasteiger partial charge in [-0.15, -0.1) is 0 Å².